The van der Waals surface area contributed by atoms with E-state index in [1.54, 1.807) is 0 Å². The number of nitrogens with zero attached hydrogens (tertiary/aromatic N) is 1. The molecule has 0 radical (unpaired) electrons. The van der Waals surface area contributed by atoms with Crippen LogP contribution in [0.4, 0.5) is 0 Å². The third kappa shape index (κ3) is 6.05. The van der Waals surface area contributed by atoms with Crippen molar-refractivity contribution in [3.05, 3.63) is 65.2 Å². The maximum Gasteiger partial charge on any atom is 0.220 e. The number of carbonyl (C=O) groups excluding carboxylic acids is 1. The molecule has 1 N–H and O–H groups in total. The van der Waals surface area contributed by atoms with Crippen LogP contribution in [0.1, 0.15) is 36.0 Å². The van der Waals surface area contributed by atoms with Crippen molar-refractivity contribution in [1.29, 1.82) is 0 Å². The Morgan fingerprint density at radius 1 is 1.21 bits per heavy atom. The molecule has 1 unspecified atom stereocenters. The standard InChI is InChI=1S/C22H28N2O4S/c1-17(19-6-4-3-5-7-19)15-23-22(25)11-9-18-8-10-21-20(14-18)16-24(12-13-28-21)29(2,26)27/h3-8,10,14,17H,9,11-13,15-16H2,1-2H3,(H,23,25). The zero-order valence-corrected chi connectivity index (χ0v) is 17.7. The monoisotopic (exact) mass is 416 g/mol. The predicted octanol–water partition coefficient (Wildman–Crippen LogP) is 2.69. The van der Waals surface area contributed by atoms with Crippen LogP contribution in [0.25, 0.3) is 0 Å². The Bertz CT molecular complexity index is 945. The highest BCUT2D eigenvalue weighted by Gasteiger charge is 2.22. The largest absolute Gasteiger partial charge is 0.492 e. The average Bonchev–Trinajstić information content (AvgIpc) is 2.93. The third-order valence-electron chi connectivity index (χ3n) is 5.15. The highest BCUT2D eigenvalue weighted by molar-refractivity contribution is 7.88. The van der Waals surface area contributed by atoms with E-state index >= 15 is 0 Å². The summed E-state index contributed by atoms with van der Waals surface area (Å²) in [4.78, 5) is 12.3. The summed E-state index contributed by atoms with van der Waals surface area (Å²) < 4.78 is 30.9. The summed E-state index contributed by atoms with van der Waals surface area (Å²) in [6, 6.07) is 15.9. The minimum Gasteiger partial charge on any atom is -0.492 e. The van der Waals surface area contributed by atoms with Gasteiger partial charge in [-0.15, -0.1) is 0 Å². The fourth-order valence-corrected chi connectivity index (χ4v) is 4.15. The second kappa shape index (κ2) is 9.41. The average molecular weight is 417 g/mol. The van der Waals surface area contributed by atoms with E-state index in [0.29, 0.717) is 44.8 Å². The molecule has 6 nitrogen and oxygen atoms in total. The number of hydrogen-bond donors (Lipinski definition) is 1. The van der Waals surface area contributed by atoms with Crippen molar-refractivity contribution in [2.75, 3.05) is 26.0 Å². The van der Waals surface area contributed by atoms with Crippen LogP contribution < -0.4 is 10.1 Å². The molecule has 0 aromatic heterocycles. The first-order chi connectivity index (χ1) is 13.8. The second-order valence-electron chi connectivity index (χ2n) is 7.50. The molecule has 1 aliphatic heterocycles. The minimum atomic E-state index is -3.28. The summed E-state index contributed by atoms with van der Waals surface area (Å²) in [6.45, 7) is 3.66. The van der Waals surface area contributed by atoms with Crippen molar-refractivity contribution < 1.29 is 17.9 Å². The van der Waals surface area contributed by atoms with Gasteiger partial charge in [0.15, 0.2) is 0 Å². The van der Waals surface area contributed by atoms with Gasteiger partial charge in [0, 0.05) is 31.6 Å². The van der Waals surface area contributed by atoms with E-state index in [2.05, 4.69) is 24.4 Å². The SMILES string of the molecule is CC(CNC(=O)CCc1ccc2c(c1)CN(S(C)(=O)=O)CCO2)c1ccccc1. The Kier molecular flexibility index (Phi) is 6.92. The van der Waals surface area contributed by atoms with Gasteiger partial charge in [-0.3, -0.25) is 4.79 Å². The highest BCUT2D eigenvalue weighted by atomic mass is 32.2. The number of hydrogen-bond acceptors (Lipinski definition) is 4. The quantitative estimate of drug-likeness (QED) is 0.753. The van der Waals surface area contributed by atoms with Crippen LogP contribution >= 0.6 is 0 Å². The summed E-state index contributed by atoms with van der Waals surface area (Å²) in [7, 11) is -3.28. The number of rotatable bonds is 7. The maximum absolute atomic E-state index is 12.3. The Balaban J connectivity index is 1.54. The van der Waals surface area contributed by atoms with Gasteiger partial charge < -0.3 is 10.1 Å². The van der Waals surface area contributed by atoms with Gasteiger partial charge >= 0.3 is 0 Å². The summed E-state index contributed by atoms with van der Waals surface area (Å²) >= 11 is 0. The van der Waals surface area contributed by atoms with E-state index in [-0.39, 0.29) is 11.8 Å². The number of benzene rings is 2. The molecule has 156 valence electrons. The second-order valence-corrected chi connectivity index (χ2v) is 9.49. The molecule has 1 atom stereocenters. The van der Waals surface area contributed by atoms with Gasteiger partial charge in [-0.2, -0.15) is 4.31 Å². The first-order valence-electron chi connectivity index (χ1n) is 9.84. The fraction of sp³-hybridized carbons (Fsp3) is 0.409. The molecule has 0 bridgehead atoms. The van der Waals surface area contributed by atoms with E-state index in [4.69, 9.17) is 4.74 Å². The number of fused-ring (bicyclic) bond motifs is 1. The van der Waals surface area contributed by atoms with E-state index in [1.165, 1.54) is 16.1 Å². The lowest BCUT2D eigenvalue weighted by atomic mass is 10.0. The Labute approximate surface area is 172 Å². The van der Waals surface area contributed by atoms with Crippen molar-refractivity contribution in [1.82, 2.24) is 9.62 Å². The molecule has 1 heterocycles. The maximum atomic E-state index is 12.3. The molecule has 2 aromatic carbocycles. The molecule has 0 saturated carbocycles. The van der Waals surface area contributed by atoms with E-state index in [1.807, 2.05) is 36.4 Å². The van der Waals surface area contributed by atoms with Crippen LogP contribution in [-0.4, -0.2) is 44.6 Å². The minimum absolute atomic E-state index is 0.0109. The van der Waals surface area contributed by atoms with Gasteiger partial charge in [0.2, 0.25) is 15.9 Å². The third-order valence-corrected chi connectivity index (χ3v) is 6.40. The molecule has 2 aromatic rings. The molecule has 0 saturated heterocycles. The highest BCUT2D eigenvalue weighted by Crippen LogP contribution is 2.26. The summed E-state index contributed by atoms with van der Waals surface area (Å²) in [6.07, 6.45) is 2.19. The molecule has 3 rings (SSSR count). The summed E-state index contributed by atoms with van der Waals surface area (Å²) in [5.74, 6) is 0.976. The molecule has 1 aliphatic rings. The van der Waals surface area contributed by atoms with Crippen LogP contribution in [0.3, 0.4) is 0 Å². The van der Waals surface area contributed by atoms with Crippen LogP contribution in [0.5, 0.6) is 5.75 Å². The Hall–Kier alpha value is -2.38. The number of nitrogens with one attached hydrogen (secondary N) is 1. The zero-order chi connectivity index (χ0) is 20.9. The van der Waals surface area contributed by atoms with Gasteiger partial charge in [0.1, 0.15) is 12.4 Å². The van der Waals surface area contributed by atoms with Gasteiger partial charge in [-0.1, -0.05) is 49.4 Å². The van der Waals surface area contributed by atoms with Crippen LogP contribution in [0.2, 0.25) is 0 Å². The van der Waals surface area contributed by atoms with Crippen LogP contribution in [0.15, 0.2) is 48.5 Å². The zero-order valence-electron chi connectivity index (χ0n) is 16.9. The molecule has 0 aliphatic carbocycles. The molecule has 7 heteroatoms. The lowest BCUT2D eigenvalue weighted by Gasteiger charge is -2.16. The molecule has 0 fully saturated rings. The molecule has 1 amide bonds. The lowest BCUT2D eigenvalue weighted by Crippen LogP contribution is -2.31. The molecule has 29 heavy (non-hydrogen) atoms. The number of amides is 1. The number of ether oxygens (including phenoxy) is 1. The number of aryl methyl sites for hydroxylation is 1. The van der Waals surface area contributed by atoms with Crippen molar-refractivity contribution in [3.8, 4) is 5.75 Å². The summed E-state index contributed by atoms with van der Waals surface area (Å²) in [5, 5.41) is 3.00. The van der Waals surface area contributed by atoms with Gasteiger partial charge in [0.25, 0.3) is 0 Å². The predicted molar refractivity (Wildman–Crippen MR) is 113 cm³/mol. The molecular weight excluding hydrogens is 388 g/mol. The van der Waals surface area contributed by atoms with Gasteiger partial charge in [-0.05, 0) is 29.5 Å². The molecule has 0 spiro atoms. The van der Waals surface area contributed by atoms with E-state index < -0.39 is 10.0 Å². The fourth-order valence-electron chi connectivity index (χ4n) is 3.37. The van der Waals surface area contributed by atoms with E-state index in [0.717, 1.165) is 11.1 Å². The van der Waals surface area contributed by atoms with Gasteiger partial charge in [-0.25, -0.2) is 8.42 Å². The lowest BCUT2D eigenvalue weighted by molar-refractivity contribution is -0.121. The Morgan fingerprint density at radius 3 is 2.69 bits per heavy atom. The van der Waals surface area contributed by atoms with Crippen molar-refractivity contribution in [2.45, 2.75) is 32.2 Å². The Morgan fingerprint density at radius 2 is 1.97 bits per heavy atom. The number of sulfonamides is 1. The van der Waals surface area contributed by atoms with Gasteiger partial charge in [0.05, 0.1) is 6.26 Å². The van der Waals surface area contributed by atoms with Crippen LogP contribution in [0, 0.1) is 0 Å². The summed E-state index contributed by atoms with van der Waals surface area (Å²) in [5.41, 5.74) is 3.03. The smallest absolute Gasteiger partial charge is 0.220 e. The van der Waals surface area contributed by atoms with E-state index in [9.17, 15) is 13.2 Å². The number of carbonyl (C=O) groups is 1. The van der Waals surface area contributed by atoms with Crippen LogP contribution in [-0.2, 0) is 27.8 Å². The molecular formula is C22H28N2O4S. The van der Waals surface area contributed by atoms with Crippen molar-refractivity contribution >= 4 is 15.9 Å². The normalized spacial score (nSPS) is 15.7. The first kappa shape index (κ1) is 21.3. The van der Waals surface area contributed by atoms with Crippen molar-refractivity contribution in [2.24, 2.45) is 0 Å². The first-order valence-corrected chi connectivity index (χ1v) is 11.7. The topological polar surface area (TPSA) is 75.7 Å². The van der Waals surface area contributed by atoms with Crippen molar-refractivity contribution in [3.63, 3.8) is 0 Å².